The van der Waals surface area contributed by atoms with Gasteiger partial charge in [-0.1, -0.05) is 18.5 Å². The number of methoxy groups -OCH3 is 1. The molecular formula is C26H26ClF3N2O4S. The molecule has 0 aliphatic heterocycles. The highest BCUT2D eigenvalue weighted by Crippen LogP contribution is 2.35. The molecule has 37 heavy (non-hydrogen) atoms. The third-order valence-electron chi connectivity index (χ3n) is 5.63. The molecule has 0 saturated heterocycles. The van der Waals surface area contributed by atoms with Crippen LogP contribution in [0.2, 0.25) is 5.02 Å². The highest BCUT2D eigenvalue weighted by atomic mass is 35.5. The van der Waals surface area contributed by atoms with Crippen molar-refractivity contribution in [2.24, 2.45) is 0 Å². The van der Waals surface area contributed by atoms with Crippen LogP contribution in [0.25, 0.3) is 11.3 Å². The van der Waals surface area contributed by atoms with E-state index in [4.69, 9.17) is 21.1 Å². The molecule has 0 aliphatic carbocycles. The number of halogens is 4. The van der Waals surface area contributed by atoms with Crippen molar-refractivity contribution in [3.05, 3.63) is 76.2 Å². The average molecular weight is 555 g/mol. The van der Waals surface area contributed by atoms with Gasteiger partial charge in [0.05, 0.1) is 28.3 Å². The van der Waals surface area contributed by atoms with Crippen molar-refractivity contribution >= 4 is 29.6 Å². The predicted octanol–water partition coefficient (Wildman–Crippen LogP) is 6.61. The molecule has 1 unspecified atom stereocenters. The van der Waals surface area contributed by atoms with Crippen molar-refractivity contribution in [2.75, 3.05) is 20.3 Å². The van der Waals surface area contributed by atoms with Crippen LogP contribution in [0.15, 0.2) is 48.5 Å². The number of nitrogens with zero attached hydrogens (tertiary/aromatic N) is 1. The molecule has 1 heterocycles. The number of pyridine rings is 1. The summed E-state index contributed by atoms with van der Waals surface area (Å²) in [5.41, 5.74) is 2.80. The normalized spacial score (nSPS) is 12.8. The summed E-state index contributed by atoms with van der Waals surface area (Å²) in [6.07, 6.45) is -1.97. The minimum atomic E-state index is -2.65. The molecule has 6 nitrogen and oxygen atoms in total. The van der Waals surface area contributed by atoms with Gasteiger partial charge in [-0.05, 0) is 67.4 Å². The average Bonchev–Trinajstić information content (AvgIpc) is 2.91. The van der Waals surface area contributed by atoms with Crippen molar-refractivity contribution < 1.29 is 32.0 Å². The van der Waals surface area contributed by atoms with Gasteiger partial charge >= 0.3 is 0 Å². The topological polar surface area (TPSA) is 80.7 Å². The number of alkyl halides is 2. The Morgan fingerprint density at radius 2 is 1.95 bits per heavy atom. The number of carbonyl (C=O) groups is 1. The van der Waals surface area contributed by atoms with Crippen LogP contribution in [0.4, 0.5) is 13.2 Å². The standard InChI is InChI=1S/C26H26ClF3N2O4S/c1-4-15-9-20(16-5-7-19(28)18(27)11-16)32-23(10-15)26(2,37-34)14-31-25(33)17-6-8-21(22(12-17)35-3)36-13-24(29)30/h5-12,24,34H,4,13-14H2,1-3H3,(H,31,33). The summed E-state index contributed by atoms with van der Waals surface area (Å²) in [6.45, 7) is 2.89. The minimum Gasteiger partial charge on any atom is -0.493 e. The third kappa shape index (κ3) is 7.09. The molecule has 0 aliphatic rings. The Balaban J connectivity index is 1.84. The van der Waals surface area contributed by atoms with Gasteiger partial charge in [0.15, 0.2) is 11.5 Å². The van der Waals surface area contributed by atoms with E-state index in [-0.39, 0.29) is 28.6 Å². The molecule has 1 atom stereocenters. The maximum atomic E-state index is 13.7. The fourth-order valence-electron chi connectivity index (χ4n) is 3.47. The summed E-state index contributed by atoms with van der Waals surface area (Å²) in [4.78, 5) is 17.6. The number of hydrogen-bond acceptors (Lipinski definition) is 6. The number of amides is 1. The van der Waals surface area contributed by atoms with E-state index in [1.54, 1.807) is 13.0 Å². The second-order valence-corrected chi connectivity index (χ2v) is 9.79. The smallest absolute Gasteiger partial charge is 0.272 e. The number of aromatic nitrogens is 1. The van der Waals surface area contributed by atoms with Crippen molar-refractivity contribution in [2.45, 2.75) is 31.4 Å². The number of ether oxygens (including phenoxy) is 2. The molecule has 1 aromatic heterocycles. The third-order valence-corrected chi connectivity index (χ3v) is 6.68. The van der Waals surface area contributed by atoms with Crippen molar-refractivity contribution in [1.82, 2.24) is 10.3 Å². The van der Waals surface area contributed by atoms with Crippen LogP contribution in [0.1, 0.15) is 35.5 Å². The maximum Gasteiger partial charge on any atom is 0.272 e. The van der Waals surface area contributed by atoms with Crippen LogP contribution in [0, 0.1) is 5.82 Å². The van der Waals surface area contributed by atoms with Gasteiger partial charge in [0.25, 0.3) is 12.3 Å². The van der Waals surface area contributed by atoms with E-state index < -0.39 is 29.5 Å². The highest BCUT2D eigenvalue weighted by Gasteiger charge is 2.31. The van der Waals surface area contributed by atoms with Gasteiger partial charge in [0.2, 0.25) is 0 Å². The lowest BCUT2D eigenvalue weighted by atomic mass is 10.00. The summed E-state index contributed by atoms with van der Waals surface area (Å²) in [7, 11) is 1.34. The van der Waals surface area contributed by atoms with E-state index in [1.165, 1.54) is 37.4 Å². The largest absolute Gasteiger partial charge is 0.493 e. The summed E-state index contributed by atoms with van der Waals surface area (Å²) in [6, 6.07) is 12.2. The number of carbonyl (C=O) groups excluding carboxylic acids is 1. The fourth-order valence-corrected chi connectivity index (χ4v) is 3.98. The first-order valence-electron chi connectivity index (χ1n) is 11.3. The lowest BCUT2D eigenvalue weighted by Crippen LogP contribution is -2.37. The highest BCUT2D eigenvalue weighted by molar-refractivity contribution is 7.94. The summed E-state index contributed by atoms with van der Waals surface area (Å²) < 4.78 is 58.0. The number of benzene rings is 2. The fraction of sp³-hybridized carbons (Fsp3) is 0.308. The van der Waals surface area contributed by atoms with Gasteiger partial charge < -0.3 is 19.3 Å². The first-order valence-corrected chi connectivity index (χ1v) is 12.4. The zero-order valence-electron chi connectivity index (χ0n) is 20.4. The SMILES string of the molecule is CCc1cc(-c2ccc(F)c(Cl)c2)nc(C(C)(CNC(=O)c2ccc(OCC(F)F)c(OC)c2)SO)c1. The number of rotatable bonds is 11. The molecule has 1 amide bonds. The molecular weight excluding hydrogens is 529 g/mol. The van der Waals surface area contributed by atoms with E-state index >= 15 is 0 Å². The maximum absolute atomic E-state index is 13.7. The van der Waals surface area contributed by atoms with Crippen LogP contribution < -0.4 is 14.8 Å². The lowest BCUT2D eigenvalue weighted by molar-refractivity contribution is 0.0803. The van der Waals surface area contributed by atoms with Gasteiger partial charge in [-0.3, -0.25) is 9.78 Å². The molecule has 2 N–H and O–H groups in total. The zero-order chi connectivity index (χ0) is 27.2. The number of nitrogens with one attached hydrogen (secondary N) is 1. The van der Waals surface area contributed by atoms with Crippen molar-refractivity contribution in [1.29, 1.82) is 0 Å². The van der Waals surface area contributed by atoms with Crippen LogP contribution in [0.3, 0.4) is 0 Å². The Bertz CT molecular complexity index is 1260. The number of hydrogen-bond donors (Lipinski definition) is 2. The Kier molecular flexibility index (Phi) is 9.69. The zero-order valence-corrected chi connectivity index (χ0v) is 21.9. The quantitative estimate of drug-likeness (QED) is 0.260. The minimum absolute atomic E-state index is 0.00271. The summed E-state index contributed by atoms with van der Waals surface area (Å²) >= 11 is 6.49. The first-order chi connectivity index (χ1) is 17.6. The van der Waals surface area contributed by atoms with E-state index in [0.29, 0.717) is 35.4 Å². The van der Waals surface area contributed by atoms with E-state index in [0.717, 1.165) is 5.56 Å². The second kappa shape index (κ2) is 12.5. The van der Waals surface area contributed by atoms with Gasteiger partial charge in [-0.2, -0.15) is 0 Å². The molecule has 0 fully saturated rings. The monoisotopic (exact) mass is 554 g/mol. The molecule has 2 aromatic carbocycles. The molecule has 0 spiro atoms. The number of aryl methyl sites for hydroxylation is 1. The van der Waals surface area contributed by atoms with E-state index in [1.807, 2.05) is 19.1 Å². The Morgan fingerprint density at radius 3 is 2.57 bits per heavy atom. The van der Waals surface area contributed by atoms with E-state index in [9.17, 15) is 22.5 Å². The molecule has 3 aromatic rings. The van der Waals surface area contributed by atoms with Crippen LogP contribution >= 0.6 is 23.6 Å². The molecule has 0 bridgehead atoms. The molecule has 198 valence electrons. The van der Waals surface area contributed by atoms with E-state index in [2.05, 4.69) is 10.3 Å². The lowest BCUT2D eigenvalue weighted by Gasteiger charge is -2.27. The summed E-state index contributed by atoms with van der Waals surface area (Å²) in [5.74, 6) is -0.797. The molecule has 0 radical (unpaired) electrons. The van der Waals surface area contributed by atoms with Crippen molar-refractivity contribution in [3.63, 3.8) is 0 Å². The van der Waals surface area contributed by atoms with Crippen LogP contribution in [-0.2, 0) is 11.2 Å². The predicted molar refractivity (Wildman–Crippen MR) is 138 cm³/mol. The molecule has 3 rings (SSSR count). The molecule has 0 saturated carbocycles. The summed E-state index contributed by atoms with van der Waals surface area (Å²) in [5, 5.41) is 2.74. The second-order valence-electron chi connectivity index (χ2n) is 8.30. The Labute approximate surface area is 222 Å². The first kappa shape index (κ1) is 28.6. The van der Waals surface area contributed by atoms with Gasteiger partial charge in [-0.25, -0.2) is 13.2 Å². The Morgan fingerprint density at radius 1 is 1.19 bits per heavy atom. The molecule has 11 heteroatoms. The van der Waals surface area contributed by atoms with Gasteiger partial charge in [-0.15, -0.1) is 0 Å². The van der Waals surface area contributed by atoms with Gasteiger partial charge in [0.1, 0.15) is 12.4 Å². The van der Waals surface area contributed by atoms with Crippen LogP contribution in [0.5, 0.6) is 11.5 Å². The van der Waals surface area contributed by atoms with Crippen LogP contribution in [-0.4, -0.2) is 42.1 Å². The Hall–Kier alpha value is -2.95. The van der Waals surface area contributed by atoms with Gasteiger partial charge in [0, 0.05) is 29.7 Å². The van der Waals surface area contributed by atoms with Crippen molar-refractivity contribution in [3.8, 4) is 22.8 Å².